The summed E-state index contributed by atoms with van der Waals surface area (Å²) in [5.41, 5.74) is 3.19. The predicted octanol–water partition coefficient (Wildman–Crippen LogP) is 5.82. The van der Waals surface area contributed by atoms with Crippen LogP contribution >= 0.6 is 35.0 Å². The normalized spacial score (nSPS) is 11.9. The highest BCUT2D eigenvalue weighted by Gasteiger charge is 2.18. The third kappa shape index (κ3) is 6.95. The highest BCUT2D eigenvalue weighted by atomic mass is 35.5. The average Bonchev–Trinajstić information content (AvgIpc) is 2.63. The molecule has 0 aliphatic carbocycles. The Morgan fingerprint density at radius 3 is 2.67 bits per heavy atom. The molecule has 0 aliphatic heterocycles. The molecule has 0 bridgehead atoms. The molecule has 146 valence electrons. The summed E-state index contributed by atoms with van der Waals surface area (Å²) in [7, 11) is 0. The lowest BCUT2D eigenvalue weighted by Gasteiger charge is -2.19. The Hall–Kier alpha value is -1.36. The summed E-state index contributed by atoms with van der Waals surface area (Å²) in [6.45, 7) is 6.53. The minimum absolute atomic E-state index is 0.0801. The van der Waals surface area contributed by atoms with Crippen molar-refractivity contribution in [2.24, 2.45) is 0 Å². The van der Waals surface area contributed by atoms with Gasteiger partial charge in [-0.05, 0) is 55.2 Å². The molecular formula is C21H25Cl2NO2S. The van der Waals surface area contributed by atoms with Gasteiger partial charge in [0.2, 0.25) is 0 Å². The lowest BCUT2D eigenvalue weighted by atomic mass is 10.1. The van der Waals surface area contributed by atoms with Crippen molar-refractivity contribution in [2.45, 2.75) is 39.0 Å². The van der Waals surface area contributed by atoms with E-state index in [1.165, 1.54) is 0 Å². The zero-order chi connectivity index (χ0) is 19.8. The predicted molar refractivity (Wildman–Crippen MR) is 116 cm³/mol. The molecule has 1 N–H and O–H groups in total. The van der Waals surface area contributed by atoms with Crippen molar-refractivity contribution >= 4 is 40.9 Å². The van der Waals surface area contributed by atoms with Crippen LogP contribution in [0.1, 0.15) is 30.0 Å². The summed E-state index contributed by atoms with van der Waals surface area (Å²) in [5.74, 6) is 2.26. The summed E-state index contributed by atoms with van der Waals surface area (Å²) in [5, 5.41) is 4.27. The Bertz CT molecular complexity index is 783. The maximum absolute atomic E-state index is 12.4. The molecule has 0 heterocycles. The van der Waals surface area contributed by atoms with Gasteiger partial charge in [-0.1, -0.05) is 48.3 Å². The minimum Gasteiger partial charge on any atom is -0.480 e. The summed E-state index contributed by atoms with van der Waals surface area (Å²) in [6.07, 6.45) is 0.133. The van der Waals surface area contributed by atoms with Crippen molar-refractivity contribution in [1.29, 1.82) is 0 Å². The van der Waals surface area contributed by atoms with Crippen LogP contribution in [0.5, 0.6) is 5.75 Å². The SMILES string of the molecule is CC[C@@H](Oc1cc(C)ccc1C)C(=O)NCCSCc1ccc(Cl)cc1Cl. The van der Waals surface area contributed by atoms with Crippen LogP contribution in [0.3, 0.4) is 0 Å². The van der Waals surface area contributed by atoms with Crippen molar-refractivity contribution < 1.29 is 9.53 Å². The number of nitrogens with one attached hydrogen (secondary N) is 1. The third-order valence-corrected chi connectivity index (χ3v) is 5.69. The largest absolute Gasteiger partial charge is 0.480 e. The number of halogens is 2. The second kappa shape index (κ2) is 10.8. The molecule has 2 rings (SSSR count). The van der Waals surface area contributed by atoms with Gasteiger partial charge in [0.15, 0.2) is 6.10 Å². The lowest BCUT2D eigenvalue weighted by molar-refractivity contribution is -0.128. The number of rotatable bonds is 9. The Labute approximate surface area is 175 Å². The van der Waals surface area contributed by atoms with Crippen LogP contribution in [-0.2, 0) is 10.5 Å². The van der Waals surface area contributed by atoms with Gasteiger partial charge in [-0.15, -0.1) is 0 Å². The summed E-state index contributed by atoms with van der Waals surface area (Å²) >= 11 is 13.8. The highest BCUT2D eigenvalue weighted by molar-refractivity contribution is 7.98. The molecule has 0 radical (unpaired) electrons. The quantitative estimate of drug-likeness (QED) is 0.514. The van der Waals surface area contributed by atoms with E-state index in [0.29, 0.717) is 23.0 Å². The zero-order valence-electron chi connectivity index (χ0n) is 15.9. The van der Waals surface area contributed by atoms with Crippen molar-refractivity contribution in [1.82, 2.24) is 5.32 Å². The molecule has 0 aliphatic rings. The molecule has 0 spiro atoms. The van der Waals surface area contributed by atoms with Gasteiger partial charge in [0.05, 0.1) is 0 Å². The third-order valence-electron chi connectivity index (χ3n) is 4.09. The van der Waals surface area contributed by atoms with Crippen molar-refractivity contribution in [3.63, 3.8) is 0 Å². The minimum atomic E-state index is -0.485. The molecule has 0 saturated heterocycles. The van der Waals surface area contributed by atoms with Gasteiger partial charge in [0, 0.05) is 28.1 Å². The van der Waals surface area contributed by atoms with E-state index in [1.54, 1.807) is 17.8 Å². The highest BCUT2D eigenvalue weighted by Crippen LogP contribution is 2.24. The van der Waals surface area contributed by atoms with Gasteiger partial charge >= 0.3 is 0 Å². The van der Waals surface area contributed by atoms with Gasteiger partial charge in [-0.25, -0.2) is 0 Å². The van der Waals surface area contributed by atoms with Gasteiger partial charge in [0.25, 0.3) is 5.91 Å². The van der Waals surface area contributed by atoms with Crippen LogP contribution in [0.15, 0.2) is 36.4 Å². The van der Waals surface area contributed by atoms with Crippen LogP contribution in [0.4, 0.5) is 0 Å². The first kappa shape index (κ1) is 21.9. The topological polar surface area (TPSA) is 38.3 Å². The molecule has 1 atom stereocenters. The second-order valence-corrected chi connectivity index (χ2v) is 8.31. The first-order valence-corrected chi connectivity index (χ1v) is 10.8. The summed E-state index contributed by atoms with van der Waals surface area (Å²) in [6, 6.07) is 11.5. The van der Waals surface area contributed by atoms with E-state index in [2.05, 4.69) is 5.32 Å². The monoisotopic (exact) mass is 425 g/mol. The van der Waals surface area contributed by atoms with E-state index in [1.807, 2.05) is 51.1 Å². The Kier molecular flexibility index (Phi) is 8.81. The first-order chi connectivity index (χ1) is 12.9. The molecule has 0 aromatic heterocycles. The molecular weight excluding hydrogens is 401 g/mol. The summed E-state index contributed by atoms with van der Waals surface area (Å²) < 4.78 is 5.94. The number of hydrogen-bond acceptors (Lipinski definition) is 3. The van der Waals surface area contributed by atoms with Crippen LogP contribution < -0.4 is 10.1 Å². The molecule has 2 aromatic carbocycles. The number of thioether (sulfide) groups is 1. The van der Waals surface area contributed by atoms with E-state index in [-0.39, 0.29) is 5.91 Å². The lowest BCUT2D eigenvalue weighted by Crippen LogP contribution is -2.39. The van der Waals surface area contributed by atoms with E-state index >= 15 is 0 Å². The number of amides is 1. The summed E-state index contributed by atoms with van der Waals surface area (Å²) in [4.78, 5) is 12.4. The fraction of sp³-hybridized carbons (Fsp3) is 0.381. The van der Waals surface area contributed by atoms with Gasteiger partial charge < -0.3 is 10.1 Å². The van der Waals surface area contributed by atoms with Crippen molar-refractivity contribution in [2.75, 3.05) is 12.3 Å². The molecule has 0 saturated carbocycles. The molecule has 0 fully saturated rings. The number of carbonyl (C=O) groups excluding carboxylic acids is 1. The van der Waals surface area contributed by atoms with E-state index in [9.17, 15) is 4.79 Å². The average molecular weight is 426 g/mol. The molecule has 1 amide bonds. The Balaban J connectivity index is 1.77. The van der Waals surface area contributed by atoms with Crippen LogP contribution in [0, 0.1) is 13.8 Å². The second-order valence-electron chi connectivity index (χ2n) is 6.36. The molecule has 27 heavy (non-hydrogen) atoms. The van der Waals surface area contributed by atoms with Gasteiger partial charge in [-0.3, -0.25) is 4.79 Å². The number of aryl methyl sites for hydroxylation is 2. The maximum Gasteiger partial charge on any atom is 0.261 e. The Morgan fingerprint density at radius 2 is 1.96 bits per heavy atom. The van der Waals surface area contributed by atoms with Crippen LogP contribution in [0.25, 0.3) is 0 Å². The van der Waals surface area contributed by atoms with Crippen LogP contribution in [0.2, 0.25) is 10.0 Å². The molecule has 6 heteroatoms. The van der Waals surface area contributed by atoms with Crippen molar-refractivity contribution in [3.05, 3.63) is 63.1 Å². The standard InChI is InChI=1S/C21H25Cl2NO2S/c1-4-19(26-20-11-14(2)5-6-15(20)3)21(25)24-9-10-27-13-16-7-8-17(22)12-18(16)23/h5-8,11-12,19H,4,9-10,13H2,1-3H3,(H,24,25)/t19-/m1/s1. The van der Waals surface area contributed by atoms with E-state index < -0.39 is 6.10 Å². The molecule has 0 unspecified atom stereocenters. The van der Waals surface area contributed by atoms with Gasteiger partial charge in [0.1, 0.15) is 5.75 Å². The smallest absolute Gasteiger partial charge is 0.261 e. The fourth-order valence-corrected chi connectivity index (χ4v) is 3.91. The number of ether oxygens (including phenoxy) is 1. The van der Waals surface area contributed by atoms with E-state index in [4.69, 9.17) is 27.9 Å². The first-order valence-electron chi connectivity index (χ1n) is 8.94. The Morgan fingerprint density at radius 1 is 1.19 bits per heavy atom. The number of carbonyl (C=O) groups is 1. The van der Waals surface area contributed by atoms with Crippen LogP contribution in [-0.4, -0.2) is 24.3 Å². The maximum atomic E-state index is 12.4. The zero-order valence-corrected chi connectivity index (χ0v) is 18.2. The number of hydrogen-bond donors (Lipinski definition) is 1. The van der Waals surface area contributed by atoms with Crippen molar-refractivity contribution in [3.8, 4) is 5.75 Å². The number of benzene rings is 2. The molecule has 2 aromatic rings. The molecule has 3 nitrogen and oxygen atoms in total. The fourth-order valence-electron chi connectivity index (χ4n) is 2.49. The van der Waals surface area contributed by atoms with Gasteiger partial charge in [-0.2, -0.15) is 11.8 Å². The van der Waals surface area contributed by atoms with E-state index in [0.717, 1.165) is 33.9 Å².